The third-order valence-corrected chi connectivity index (χ3v) is 8.45. The topological polar surface area (TPSA) is 92.8 Å². The molecule has 1 heterocycles. The van der Waals surface area contributed by atoms with E-state index in [1.54, 1.807) is 54.3 Å². The molecule has 192 valence electrons. The van der Waals surface area contributed by atoms with E-state index in [-0.39, 0.29) is 12.5 Å². The Bertz CT molecular complexity index is 1280. The SMILES string of the molecule is C=CS(=O)(=O)N[C@@H]1CCCC[C@H]1N1C(=O)c2ccccc2[C@@H](C(=O)OCC)[C@@H]1c1ccc(Cl)cc1Cl. The number of halogens is 2. The summed E-state index contributed by atoms with van der Waals surface area (Å²) in [4.78, 5) is 29.2. The molecule has 0 radical (unpaired) electrons. The Morgan fingerprint density at radius 2 is 1.89 bits per heavy atom. The number of benzene rings is 2. The maximum atomic E-state index is 14.1. The summed E-state index contributed by atoms with van der Waals surface area (Å²) in [5, 5.41) is 1.58. The first kappa shape index (κ1) is 26.7. The fourth-order valence-corrected chi connectivity index (χ4v) is 6.63. The molecule has 7 nitrogen and oxygen atoms in total. The van der Waals surface area contributed by atoms with Gasteiger partial charge in [0.1, 0.15) is 5.92 Å². The fraction of sp³-hybridized carbons (Fsp3) is 0.385. The van der Waals surface area contributed by atoms with Crippen LogP contribution >= 0.6 is 23.2 Å². The van der Waals surface area contributed by atoms with Gasteiger partial charge in [0.2, 0.25) is 10.0 Å². The fourth-order valence-electron chi connectivity index (χ4n) is 5.32. The Morgan fingerprint density at radius 3 is 2.58 bits per heavy atom. The van der Waals surface area contributed by atoms with Gasteiger partial charge in [0.05, 0.1) is 12.6 Å². The van der Waals surface area contributed by atoms with E-state index in [1.165, 1.54) is 0 Å². The van der Waals surface area contributed by atoms with Gasteiger partial charge in [-0.25, -0.2) is 13.1 Å². The first-order valence-electron chi connectivity index (χ1n) is 11.9. The Balaban J connectivity index is 1.94. The Hall–Kier alpha value is -2.39. The van der Waals surface area contributed by atoms with Crippen molar-refractivity contribution in [3.8, 4) is 0 Å². The standard InChI is InChI=1S/C26H28Cl2N2O5S/c1-3-35-26(32)23-17-9-5-6-10-18(17)25(31)30(24(23)19-14-13-16(27)15-20(19)28)22-12-8-7-11-21(22)29-36(33,34)4-2/h4-6,9-10,13-15,21-24,29H,2-3,7-8,11-12H2,1H3/t21-,22-,23-,24+/m1/s1. The number of nitrogens with one attached hydrogen (secondary N) is 1. The zero-order valence-electron chi connectivity index (χ0n) is 19.8. The van der Waals surface area contributed by atoms with Crippen molar-refractivity contribution in [2.75, 3.05) is 6.61 Å². The van der Waals surface area contributed by atoms with E-state index in [1.807, 2.05) is 0 Å². The zero-order valence-corrected chi connectivity index (χ0v) is 22.2. The van der Waals surface area contributed by atoms with Crippen LogP contribution in [0.4, 0.5) is 0 Å². The number of hydrogen-bond acceptors (Lipinski definition) is 5. The van der Waals surface area contributed by atoms with Crippen LogP contribution < -0.4 is 4.72 Å². The van der Waals surface area contributed by atoms with Gasteiger partial charge >= 0.3 is 5.97 Å². The summed E-state index contributed by atoms with van der Waals surface area (Å²) >= 11 is 12.8. The second-order valence-corrected chi connectivity index (χ2v) is 11.4. The maximum absolute atomic E-state index is 14.1. The third-order valence-electron chi connectivity index (χ3n) is 6.82. The minimum absolute atomic E-state index is 0.164. The van der Waals surface area contributed by atoms with Gasteiger partial charge in [0, 0.05) is 33.1 Å². The lowest BCUT2D eigenvalue weighted by atomic mass is 9.77. The highest BCUT2D eigenvalue weighted by atomic mass is 35.5. The molecule has 10 heteroatoms. The molecule has 1 aliphatic heterocycles. The van der Waals surface area contributed by atoms with Gasteiger partial charge in [-0.15, -0.1) is 0 Å². The molecule has 2 aliphatic rings. The zero-order chi connectivity index (χ0) is 26.0. The lowest BCUT2D eigenvalue weighted by molar-refractivity contribution is -0.147. The van der Waals surface area contributed by atoms with Crippen molar-refractivity contribution in [1.29, 1.82) is 0 Å². The molecular formula is C26H28Cl2N2O5S. The molecule has 0 aromatic heterocycles. The van der Waals surface area contributed by atoms with Gasteiger partial charge in [-0.3, -0.25) is 9.59 Å². The molecule has 4 rings (SSSR count). The third kappa shape index (κ3) is 5.18. The van der Waals surface area contributed by atoms with Gasteiger partial charge in [-0.1, -0.05) is 66.9 Å². The predicted octanol–water partition coefficient (Wildman–Crippen LogP) is 5.21. The maximum Gasteiger partial charge on any atom is 0.315 e. The molecule has 0 saturated heterocycles. The lowest BCUT2D eigenvalue weighted by Gasteiger charge is -2.49. The van der Waals surface area contributed by atoms with Crippen LogP contribution in [0.1, 0.15) is 66.1 Å². The van der Waals surface area contributed by atoms with Gasteiger partial charge < -0.3 is 9.64 Å². The molecule has 2 aromatic rings. The van der Waals surface area contributed by atoms with Crippen LogP contribution in [0.2, 0.25) is 10.0 Å². The summed E-state index contributed by atoms with van der Waals surface area (Å²) in [6.07, 6.45) is 2.68. The van der Waals surface area contributed by atoms with Crippen molar-refractivity contribution in [3.63, 3.8) is 0 Å². The van der Waals surface area contributed by atoms with E-state index in [0.29, 0.717) is 39.6 Å². The molecule has 0 bridgehead atoms. The summed E-state index contributed by atoms with van der Waals surface area (Å²) in [5.41, 5.74) is 1.47. The summed E-state index contributed by atoms with van der Waals surface area (Å²) in [6, 6.07) is 9.98. The highest BCUT2D eigenvalue weighted by Gasteiger charge is 2.50. The molecule has 0 unspecified atom stereocenters. The quantitative estimate of drug-likeness (QED) is 0.477. The number of esters is 1. The van der Waals surface area contributed by atoms with Gasteiger partial charge in [-0.2, -0.15) is 0 Å². The molecule has 2 aromatic carbocycles. The normalized spacial score (nSPS) is 24.2. The molecule has 36 heavy (non-hydrogen) atoms. The lowest BCUT2D eigenvalue weighted by Crippen LogP contribution is -2.58. The van der Waals surface area contributed by atoms with E-state index in [0.717, 1.165) is 18.2 Å². The molecule has 1 amide bonds. The average molecular weight is 551 g/mol. The van der Waals surface area contributed by atoms with E-state index < -0.39 is 40.0 Å². The van der Waals surface area contributed by atoms with Crippen molar-refractivity contribution in [2.45, 2.75) is 56.7 Å². The Kier molecular flexibility index (Phi) is 8.09. The summed E-state index contributed by atoms with van der Waals surface area (Å²) < 4.78 is 33.0. The van der Waals surface area contributed by atoms with Gasteiger partial charge in [0.25, 0.3) is 5.91 Å². The molecule has 0 spiro atoms. The summed E-state index contributed by atoms with van der Waals surface area (Å²) in [5.74, 6) is -1.65. The highest BCUT2D eigenvalue weighted by molar-refractivity contribution is 7.92. The first-order valence-corrected chi connectivity index (χ1v) is 14.2. The molecule has 1 N–H and O–H groups in total. The van der Waals surface area contributed by atoms with Crippen molar-refractivity contribution in [1.82, 2.24) is 9.62 Å². The Morgan fingerprint density at radius 1 is 1.17 bits per heavy atom. The van der Waals surface area contributed by atoms with Crippen LogP contribution in [0.15, 0.2) is 54.5 Å². The second-order valence-electron chi connectivity index (χ2n) is 8.93. The predicted molar refractivity (Wildman–Crippen MR) is 139 cm³/mol. The van der Waals surface area contributed by atoms with Crippen molar-refractivity contribution in [3.05, 3.63) is 81.2 Å². The number of fused-ring (bicyclic) bond motifs is 1. The second kappa shape index (κ2) is 10.9. The number of ether oxygens (including phenoxy) is 1. The first-order chi connectivity index (χ1) is 17.2. The molecule has 1 aliphatic carbocycles. The van der Waals surface area contributed by atoms with Gasteiger partial charge in [-0.05, 0) is 49.1 Å². The monoisotopic (exact) mass is 550 g/mol. The minimum atomic E-state index is -3.76. The highest BCUT2D eigenvalue weighted by Crippen LogP contribution is 2.48. The number of hydrogen-bond donors (Lipinski definition) is 1. The van der Waals surface area contributed by atoms with Crippen LogP contribution in [0.25, 0.3) is 0 Å². The van der Waals surface area contributed by atoms with E-state index >= 15 is 0 Å². The number of amides is 1. The number of rotatable bonds is 7. The van der Waals surface area contributed by atoms with Crippen LogP contribution in [0.5, 0.6) is 0 Å². The smallest absolute Gasteiger partial charge is 0.315 e. The summed E-state index contributed by atoms with van der Waals surface area (Å²) in [6.45, 7) is 5.28. The summed E-state index contributed by atoms with van der Waals surface area (Å²) in [7, 11) is -3.76. The van der Waals surface area contributed by atoms with Crippen LogP contribution in [0.3, 0.4) is 0 Å². The molecule has 4 atom stereocenters. The molecule has 1 fully saturated rings. The number of carbonyl (C=O) groups is 2. The molecular weight excluding hydrogens is 523 g/mol. The van der Waals surface area contributed by atoms with Gasteiger partial charge in [0.15, 0.2) is 0 Å². The molecule has 1 saturated carbocycles. The van der Waals surface area contributed by atoms with Crippen molar-refractivity contribution < 1.29 is 22.7 Å². The van der Waals surface area contributed by atoms with E-state index in [2.05, 4.69) is 11.3 Å². The van der Waals surface area contributed by atoms with Crippen molar-refractivity contribution >= 4 is 45.1 Å². The van der Waals surface area contributed by atoms with E-state index in [4.69, 9.17) is 27.9 Å². The van der Waals surface area contributed by atoms with Crippen LogP contribution in [-0.2, 0) is 19.6 Å². The Labute approximate surface area is 221 Å². The average Bonchev–Trinajstić information content (AvgIpc) is 2.85. The van der Waals surface area contributed by atoms with Crippen molar-refractivity contribution in [2.24, 2.45) is 0 Å². The number of nitrogens with zero attached hydrogens (tertiary/aromatic N) is 1. The van der Waals surface area contributed by atoms with Crippen LogP contribution in [-0.4, -0.2) is 43.9 Å². The number of carbonyl (C=O) groups excluding carboxylic acids is 2. The largest absolute Gasteiger partial charge is 0.465 e. The minimum Gasteiger partial charge on any atom is -0.465 e. The van der Waals surface area contributed by atoms with E-state index in [9.17, 15) is 18.0 Å². The van der Waals surface area contributed by atoms with Crippen LogP contribution in [0, 0.1) is 0 Å². The number of sulfonamides is 1.